The lowest BCUT2D eigenvalue weighted by Crippen LogP contribution is -2.20. The number of alkyl halides is 3. The lowest BCUT2D eigenvalue weighted by molar-refractivity contribution is -0.161. The zero-order chi connectivity index (χ0) is 13.2. The lowest BCUT2D eigenvalue weighted by atomic mass is 10.1. The van der Waals surface area contributed by atoms with Crippen molar-refractivity contribution in [1.29, 1.82) is 0 Å². The Bertz CT molecular complexity index is 419. The molecule has 2 N–H and O–H groups in total. The van der Waals surface area contributed by atoms with Crippen LogP contribution in [0.1, 0.15) is 15.9 Å². The summed E-state index contributed by atoms with van der Waals surface area (Å²) >= 11 is 0. The number of carbonyl (C=O) groups is 1. The first-order valence-electron chi connectivity index (χ1n) is 4.50. The molecule has 0 aromatic heterocycles. The number of esters is 1. The highest BCUT2D eigenvalue weighted by Crippen LogP contribution is 2.20. The van der Waals surface area contributed by atoms with Crippen LogP contribution >= 0.6 is 0 Å². The van der Waals surface area contributed by atoms with E-state index < -0.39 is 24.6 Å². The molecule has 0 aliphatic heterocycles. The number of halogens is 4. The second-order valence-corrected chi connectivity index (χ2v) is 3.36. The number of carbonyl (C=O) groups excluding carboxylic acids is 1. The summed E-state index contributed by atoms with van der Waals surface area (Å²) in [5, 5.41) is 0. The summed E-state index contributed by atoms with van der Waals surface area (Å²) in [7, 11) is 0. The normalized spacial score (nSPS) is 11.4. The number of benzene rings is 1. The first kappa shape index (κ1) is 13.3. The summed E-state index contributed by atoms with van der Waals surface area (Å²) in [5.74, 6) is -2.04. The summed E-state index contributed by atoms with van der Waals surface area (Å²) in [6, 6.07) is 1.85. The highest BCUT2D eigenvalue weighted by molar-refractivity contribution is 5.90. The summed E-state index contributed by atoms with van der Waals surface area (Å²) in [5.41, 5.74) is 5.12. The zero-order valence-electron chi connectivity index (χ0n) is 8.77. The van der Waals surface area contributed by atoms with E-state index in [-0.39, 0.29) is 16.8 Å². The lowest BCUT2D eigenvalue weighted by Gasteiger charge is -2.09. The number of nitrogens with two attached hydrogens (primary N) is 1. The van der Waals surface area contributed by atoms with Gasteiger partial charge in [0.25, 0.3) is 0 Å². The number of nitrogen functional groups attached to an aromatic ring is 1. The summed E-state index contributed by atoms with van der Waals surface area (Å²) in [6.07, 6.45) is -4.62. The van der Waals surface area contributed by atoms with Gasteiger partial charge in [0.1, 0.15) is 5.82 Å². The minimum atomic E-state index is -4.62. The Hall–Kier alpha value is -1.79. The van der Waals surface area contributed by atoms with E-state index in [0.717, 1.165) is 12.1 Å². The van der Waals surface area contributed by atoms with Gasteiger partial charge in [-0.05, 0) is 19.1 Å². The first-order chi connectivity index (χ1) is 7.70. The summed E-state index contributed by atoms with van der Waals surface area (Å²) in [4.78, 5) is 11.2. The molecule has 17 heavy (non-hydrogen) atoms. The van der Waals surface area contributed by atoms with Gasteiger partial charge in [-0.25, -0.2) is 9.18 Å². The van der Waals surface area contributed by atoms with Crippen molar-refractivity contribution in [3.63, 3.8) is 0 Å². The van der Waals surface area contributed by atoms with E-state index in [2.05, 4.69) is 4.74 Å². The molecule has 1 aromatic rings. The Balaban J connectivity index is 2.84. The van der Waals surface area contributed by atoms with Crippen molar-refractivity contribution in [3.05, 3.63) is 29.1 Å². The Morgan fingerprint density at radius 3 is 2.47 bits per heavy atom. The van der Waals surface area contributed by atoms with Gasteiger partial charge in [-0.3, -0.25) is 0 Å². The van der Waals surface area contributed by atoms with Crippen LogP contribution in [-0.4, -0.2) is 18.8 Å². The van der Waals surface area contributed by atoms with Crippen molar-refractivity contribution >= 4 is 11.7 Å². The van der Waals surface area contributed by atoms with E-state index in [1.54, 1.807) is 0 Å². The molecule has 0 saturated heterocycles. The molecule has 0 fully saturated rings. The molecule has 0 heterocycles. The summed E-state index contributed by atoms with van der Waals surface area (Å²) < 4.78 is 52.5. The predicted molar refractivity (Wildman–Crippen MR) is 51.9 cm³/mol. The van der Waals surface area contributed by atoms with Gasteiger partial charge in [0.15, 0.2) is 6.61 Å². The van der Waals surface area contributed by atoms with Crippen molar-refractivity contribution in [1.82, 2.24) is 0 Å². The monoisotopic (exact) mass is 251 g/mol. The van der Waals surface area contributed by atoms with Gasteiger partial charge >= 0.3 is 12.1 Å². The third-order valence-electron chi connectivity index (χ3n) is 1.99. The molecule has 0 spiro atoms. The van der Waals surface area contributed by atoms with Crippen molar-refractivity contribution in [3.8, 4) is 0 Å². The van der Waals surface area contributed by atoms with E-state index in [1.807, 2.05) is 0 Å². The zero-order valence-corrected chi connectivity index (χ0v) is 8.77. The van der Waals surface area contributed by atoms with Crippen LogP contribution < -0.4 is 5.73 Å². The molecule has 0 atom stereocenters. The van der Waals surface area contributed by atoms with Gasteiger partial charge in [0.2, 0.25) is 0 Å². The highest BCUT2D eigenvalue weighted by atomic mass is 19.4. The second-order valence-electron chi connectivity index (χ2n) is 3.36. The molecule has 0 aliphatic carbocycles. The van der Waals surface area contributed by atoms with Crippen molar-refractivity contribution in [2.75, 3.05) is 12.3 Å². The molecule has 94 valence electrons. The van der Waals surface area contributed by atoms with Gasteiger partial charge in [-0.2, -0.15) is 13.2 Å². The van der Waals surface area contributed by atoms with E-state index >= 15 is 0 Å². The number of hydrogen-bond donors (Lipinski definition) is 1. The van der Waals surface area contributed by atoms with E-state index in [0.29, 0.717) is 0 Å². The van der Waals surface area contributed by atoms with Crippen molar-refractivity contribution in [2.45, 2.75) is 13.1 Å². The largest absolute Gasteiger partial charge is 0.452 e. The van der Waals surface area contributed by atoms with Crippen LogP contribution in [0.3, 0.4) is 0 Å². The number of hydrogen-bond acceptors (Lipinski definition) is 3. The Labute approximate surface area is 94.2 Å². The maximum atomic E-state index is 13.2. The van der Waals surface area contributed by atoms with Gasteiger partial charge < -0.3 is 10.5 Å². The molecule has 0 unspecified atom stereocenters. The molecule has 3 nitrogen and oxygen atoms in total. The van der Waals surface area contributed by atoms with Crippen molar-refractivity contribution in [2.24, 2.45) is 0 Å². The molecule has 0 amide bonds. The van der Waals surface area contributed by atoms with Crippen LogP contribution in [0.5, 0.6) is 0 Å². The quantitative estimate of drug-likeness (QED) is 0.499. The summed E-state index contributed by atoms with van der Waals surface area (Å²) in [6.45, 7) is -0.337. The van der Waals surface area contributed by atoms with Crippen LogP contribution in [0.2, 0.25) is 0 Å². The fourth-order valence-corrected chi connectivity index (χ4v) is 1.05. The van der Waals surface area contributed by atoms with E-state index in [4.69, 9.17) is 5.73 Å². The average molecular weight is 251 g/mol. The molecule has 0 radical (unpaired) electrons. The van der Waals surface area contributed by atoms with Crippen LogP contribution in [-0.2, 0) is 4.74 Å². The molecule has 0 aliphatic rings. The predicted octanol–water partition coefficient (Wildman–Crippen LogP) is 2.44. The topological polar surface area (TPSA) is 52.3 Å². The SMILES string of the molecule is Cc1c(N)cc(C(=O)OCC(F)(F)F)cc1F. The van der Waals surface area contributed by atoms with Gasteiger partial charge in [-0.1, -0.05) is 0 Å². The molecule has 7 heteroatoms. The van der Waals surface area contributed by atoms with Gasteiger partial charge in [0, 0.05) is 11.3 Å². The van der Waals surface area contributed by atoms with Crippen LogP contribution in [0, 0.1) is 12.7 Å². The maximum Gasteiger partial charge on any atom is 0.422 e. The molecular formula is C10H9F4NO2. The second kappa shape index (κ2) is 4.60. The smallest absolute Gasteiger partial charge is 0.422 e. The molecule has 0 bridgehead atoms. The molecular weight excluding hydrogens is 242 g/mol. The van der Waals surface area contributed by atoms with Crippen molar-refractivity contribution < 1.29 is 27.1 Å². The van der Waals surface area contributed by atoms with Gasteiger partial charge in [-0.15, -0.1) is 0 Å². The number of rotatable bonds is 2. The van der Waals surface area contributed by atoms with Crippen LogP contribution in [0.25, 0.3) is 0 Å². The fourth-order valence-electron chi connectivity index (χ4n) is 1.05. The molecule has 1 rings (SSSR count). The van der Waals surface area contributed by atoms with E-state index in [9.17, 15) is 22.4 Å². The Kier molecular flexibility index (Phi) is 3.59. The van der Waals surface area contributed by atoms with E-state index in [1.165, 1.54) is 6.92 Å². The molecule has 1 aromatic carbocycles. The third kappa shape index (κ3) is 3.61. The standard InChI is InChI=1S/C10H9F4NO2/c1-5-7(11)2-6(3-8(5)15)9(16)17-4-10(12,13)14/h2-3H,4,15H2,1H3. The number of ether oxygens (including phenoxy) is 1. The average Bonchev–Trinajstić information content (AvgIpc) is 2.20. The maximum absolute atomic E-state index is 13.2. The third-order valence-corrected chi connectivity index (χ3v) is 1.99. The Morgan fingerprint density at radius 1 is 1.41 bits per heavy atom. The Morgan fingerprint density at radius 2 is 2.00 bits per heavy atom. The van der Waals surface area contributed by atoms with Gasteiger partial charge in [0.05, 0.1) is 5.56 Å². The minimum absolute atomic E-state index is 0.0241. The van der Waals surface area contributed by atoms with Crippen LogP contribution in [0.4, 0.5) is 23.2 Å². The number of anilines is 1. The minimum Gasteiger partial charge on any atom is -0.452 e. The molecule has 0 saturated carbocycles. The first-order valence-corrected chi connectivity index (χ1v) is 4.50. The van der Waals surface area contributed by atoms with Crippen LogP contribution in [0.15, 0.2) is 12.1 Å². The fraction of sp³-hybridized carbons (Fsp3) is 0.300. The highest BCUT2D eigenvalue weighted by Gasteiger charge is 2.30.